The number of benzene rings is 2. The van der Waals surface area contributed by atoms with Gasteiger partial charge in [-0.25, -0.2) is 9.97 Å². The number of carbonyl (C=O) groups excluding carboxylic acids is 1. The first-order chi connectivity index (χ1) is 19.0. The summed E-state index contributed by atoms with van der Waals surface area (Å²) in [6.07, 6.45) is 3.29. The van der Waals surface area contributed by atoms with Crippen molar-refractivity contribution in [3.63, 3.8) is 0 Å². The standard InChI is InChI=1S/C29H27ClN6O2S/c1-18(21-4-2-3-5-22(21)30)38-25-15-27(39-28(25)29(31)37)36-17-34-23-14-19(6-8-24(23)36)20-7-9-26(33-16-20)35-12-10-32-11-13-35/h2-9,14-18,32H,10-13H2,1H3,(H2,31,37). The number of thiophene rings is 1. The van der Waals surface area contributed by atoms with Crippen molar-refractivity contribution in [1.29, 1.82) is 0 Å². The number of imidazole rings is 1. The Morgan fingerprint density at radius 3 is 2.62 bits per heavy atom. The number of fused-ring (bicyclic) bond motifs is 1. The average Bonchev–Trinajstić information content (AvgIpc) is 3.57. The van der Waals surface area contributed by atoms with Crippen LogP contribution >= 0.6 is 22.9 Å². The topological polar surface area (TPSA) is 98.3 Å². The Hall–Kier alpha value is -3.92. The van der Waals surface area contributed by atoms with Crippen molar-refractivity contribution in [2.45, 2.75) is 13.0 Å². The zero-order valence-electron chi connectivity index (χ0n) is 21.3. The van der Waals surface area contributed by atoms with E-state index < -0.39 is 5.91 Å². The van der Waals surface area contributed by atoms with E-state index in [2.05, 4.69) is 33.4 Å². The molecule has 2 aromatic carbocycles. The molecule has 1 aliphatic heterocycles. The maximum absolute atomic E-state index is 12.3. The third-order valence-electron chi connectivity index (χ3n) is 6.86. The number of hydrogen-bond donors (Lipinski definition) is 2. The fourth-order valence-electron chi connectivity index (χ4n) is 4.80. The van der Waals surface area contributed by atoms with Crippen LogP contribution in [0.3, 0.4) is 0 Å². The number of ether oxygens (including phenoxy) is 1. The highest BCUT2D eigenvalue weighted by molar-refractivity contribution is 7.16. The fourth-order valence-corrected chi connectivity index (χ4v) is 6.02. The Morgan fingerprint density at radius 2 is 1.87 bits per heavy atom. The van der Waals surface area contributed by atoms with Gasteiger partial charge in [-0.3, -0.25) is 9.36 Å². The second-order valence-corrected chi connectivity index (χ2v) is 10.8. The summed E-state index contributed by atoms with van der Waals surface area (Å²) in [5.74, 6) is 0.871. The molecular formula is C29H27ClN6O2S. The van der Waals surface area contributed by atoms with Crippen LogP contribution in [-0.4, -0.2) is 46.6 Å². The Kier molecular flexibility index (Phi) is 6.95. The quantitative estimate of drug-likeness (QED) is 0.275. The van der Waals surface area contributed by atoms with Crippen molar-refractivity contribution in [3.05, 3.63) is 88.7 Å². The maximum atomic E-state index is 12.3. The molecule has 0 saturated carbocycles. The minimum atomic E-state index is -0.545. The fraction of sp³-hybridized carbons (Fsp3) is 0.207. The van der Waals surface area contributed by atoms with Gasteiger partial charge in [0.05, 0.1) is 11.0 Å². The van der Waals surface area contributed by atoms with Gasteiger partial charge in [0.2, 0.25) is 0 Å². The van der Waals surface area contributed by atoms with Crippen molar-refractivity contribution in [1.82, 2.24) is 19.9 Å². The molecule has 0 bridgehead atoms. The van der Waals surface area contributed by atoms with E-state index in [9.17, 15) is 4.79 Å². The number of rotatable bonds is 7. The van der Waals surface area contributed by atoms with E-state index in [0.29, 0.717) is 15.6 Å². The highest BCUT2D eigenvalue weighted by Gasteiger charge is 2.21. The van der Waals surface area contributed by atoms with Gasteiger partial charge in [0.15, 0.2) is 0 Å². The Morgan fingerprint density at radius 1 is 1.08 bits per heavy atom. The first-order valence-corrected chi connectivity index (χ1v) is 13.9. The van der Waals surface area contributed by atoms with E-state index in [4.69, 9.17) is 27.1 Å². The smallest absolute Gasteiger partial charge is 0.262 e. The lowest BCUT2D eigenvalue weighted by Gasteiger charge is -2.28. The molecule has 0 radical (unpaired) electrons. The van der Waals surface area contributed by atoms with E-state index >= 15 is 0 Å². The molecule has 198 valence electrons. The summed E-state index contributed by atoms with van der Waals surface area (Å²) in [5, 5.41) is 4.75. The van der Waals surface area contributed by atoms with Gasteiger partial charge < -0.3 is 20.7 Å². The molecule has 10 heteroatoms. The summed E-state index contributed by atoms with van der Waals surface area (Å²) in [6, 6.07) is 19.6. The molecule has 0 spiro atoms. The Bertz CT molecular complexity index is 1640. The van der Waals surface area contributed by atoms with Crippen LogP contribution in [0.5, 0.6) is 5.75 Å². The number of halogens is 1. The van der Waals surface area contributed by atoms with Gasteiger partial charge in [-0.05, 0) is 42.8 Å². The number of hydrogen-bond acceptors (Lipinski definition) is 7. The summed E-state index contributed by atoms with van der Waals surface area (Å²) in [5.41, 5.74) is 10.3. The molecule has 1 atom stereocenters. The van der Waals surface area contributed by atoms with Crippen LogP contribution in [-0.2, 0) is 0 Å². The number of carbonyl (C=O) groups is 1. The third-order valence-corrected chi connectivity index (χ3v) is 8.34. The van der Waals surface area contributed by atoms with Crippen molar-refractivity contribution in [3.8, 4) is 21.9 Å². The normalized spacial score (nSPS) is 14.5. The Balaban J connectivity index is 1.27. The minimum absolute atomic E-state index is 0.345. The number of pyridine rings is 1. The van der Waals surface area contributed by atoms with Crippen molar-refractivity contribution >= 4 is 45.7 Å². The molecule has 6 rings (SSSR count). The van der Waals surface area contributed by atoms with E-state index in [1.54, 1.807) is 6.33 Å². The third kappa shape index (κ3) is 5.08. The first kappa shape index (κ1) is 25.4. The number of piperazine rings is 1. The number of nitrogens with one attached hydrogen (secondary N) is 1. The number of aromatic nitrogens is 3. The summed E-state index contributed by atoms with van der Waals surface area (Å²) in [4.78, 5) is 24.2. The highest BCUT2D eigenvalue weighted by Crippen LogP contribution is 2.37. The molecule has 1 aliphatic rings. The molecular weight excluding hydrogens is 532 g/mol. The second kappa shape index (κ2) is 10.7. The molecule has 39 heavy (non-hydrogen) atoms. The molecule has 1 unspecified atom stereocenters. The Labute approximate surface area is 235 Å². The van der Waals surface area contributed by atoms with Crippen LogP contribution < -0.4 is 20.7 Å². The SMILES string of the molecule is CC(Oc1cc(-n2cnc3cc(-c4ccc(N5CCNCC5)nc4)ccc32)sc1C(N)=O)c1ccccc1Cl. The molecule has 0 aliphatic carbocycles. The minimum Gasteiger partial charge on any atom is -0.484 e. The first-order valence-electron chi connectivity index (χ1n) is 12.7. The van der Waals surface area contributed by atoms with Crippen molar-refractivity contribution in [2.24, 2.45) is 5.73 Å². The second-order valence-electron chi connectivity index (χ2n) is 9.38. The van der Waals surface area contributed by atoms with Crippen molar-refractivity contribution in [2.75, 3.05) is 31.1 Å². The zero-order chi connectivity index (χ0) is 26.9. The molecule has 3 N–H and O–H groups in total. The molecule has 1 saturated heterocycles. The van der Waals surface area contributed by atoms with Crippen LogP contribution in [0, 0.1) is 0 Å². The summed E-state index contributed by atoms with van der Waals surface area (Å²) in [6.45, 7) is 5.76. The van der Waals surface area contributed by atoms with Crippen LogP contribution in [0.1, 0.15) is 28.3 Å². The van der Waals surface area contributed by atoms with Crippen LogP contribution in [0.2, 0.25) is 5.02 Å². The summed E-state index contributed by atoms with van der Waals surface area (Å²) < 4.78 is 8.11. The molecule has 1 amide bonds. The maximum Gasteiger partial charge on any atom is 0.262 e. The van der Waals surface area contributed by atoms with Gasteiger partial charge in [-0.15, -0.1) is 11.3 Å². The average molecular weight is 559 g/mol. The summed E-state index contributed by atoms with van der Waals surface area (Å²) in [7, 11) is 0. The molecule has 3 aromatic heterocycles. The number of amides is 1. The predicted molar refractivity (Wildman–Crippen MR) is 156 cm³/mol. The van der Waals surface area contributed by atoms with Gasteiger partial charge in [-0.2, -0.15) is 0 Å². The molecule has 8 nitrogen and oxygen atoms in total. The number of nitrogens with zero attached hydrogens (tertiary/aromatic N) is 4. The molecule has 5 aromatic rings. The van der Waals surface area contributed by atoms with Gasteiger partial charge in [0, 0.05) is 54.6 Å². The lowest BCUT2D eigenvalue weighted by atomic mass is 10.1. The number of primary amides is 1. The van der Waals surface area contributed by atoms with Gasteiger partial charge in [0.1, 0.15) is 33.9 Å². The van der Waals surface area contributed by atoms with Gasteiger partial charge >= 0.3 is 0 Å². The van der Waals surface area contributed by atoms with Gasteiger partial charge in [-0.1, -0.05) is 35.9 Å². The molecule has 1 fully saturated rings. The number of nitrogens with two attached hydrogens (primary N) is 1. The lowest BCUT2D eigenvalue weighted by molar-refractivity contribution is 0.0998. The van der Waals surface area contributed by atoms with Crippen LogP contribution in [0.4, 0.5) is 5.82 Å². The van der Waals surface area contributed by atoms with Crippen molar-refractivity contribution < 1.29 is 9.53 Å². The van der Waals surface area contributed by atoms with E-state index in [1.165, 1.54) is 11.3 Å². The molecule has 4 heterocycles. The largest absolute Gasteiger partial charge is 0.484 e. The van der Waals surface area contributed by atoms with E-state index in [1.807, 2.05) is 60.2 Å². The monoisotopic (exact) mass is 558 g/mol. The van der Waals surface area contributed by atoms with Gasteiger partial charge in [0.25, 0.3) is 5.91 Å². The van der Waals surface area contributed by atoms with Crippen LogP contribution in [0.15, 0.2) is 73.2 Å². The van der Waals surface area contributed by atoms with E-state index in [0.717, 1.165) is 64.7 Å². The van der Waals surface area contributed by atoms with Crippen LogP contribution in [0.25, 0.3) is 27.2 Å². The lowest BCUT2D eigenvalue weighted by Crippen LogP contribution is -2.43. The highest BCUT2D eigenvalue weighted by atomic mass is 35.5. The summed E-state index contributed by atoms with van der Waals surface area (Å²) >= 11 is 7.62. The predicted octanol–water partition coefficient (Wildman–Crippen LogP) is 5.45. The zero-order valence-corrected chi connectivity index (χ0v) is 22.9. The number of anilines is 1. The van der Waals surface area contributed by atoms with E-state index in [-0.39, 0.29) is 6.10 Å².